The number of carbonyl (C=O) groups is 1. The van der Waals surface area contributed by atoms with Gasteiger partial charge in [0.2, 0.25) is 5.91 Å². The molecule has 0 aromatic heterocycles. The molecule has 0 aliphatic carbocycles. The van der Waals surface area contributed by atoms with Crippen molar-refractivity contribution in [2.75, 3.05) is 82.4 Å². The fourth-order valence-electron chi connectivity index (χ4n) is 5.92. The Labute approximate surface area is 273 Å². The van der Waals surface area contributed by atoms with E-state index in [-0.39, 0.29) is 5.91 Å². The molecule has 1 atom stereocenters. The van der Waals surface area contributed by atoms with E-state index in [1.807, 2.05) is 47.4 Å². The highest BCUT2D eigenvalue weighted by Gasteiger charge is 2.32. The van der Waals surface area contributed by atoms with E-state index in [2.05, 4.69) is 23.3 Å². The van der Waals surface area contributed by atoms with Crippen LogP contribution in [0.25, 0.3) is 0 Å². The van der Waals surface area contributed by atoms with Crippen molar-refractivity contribution in [3.05, 3.63) is 70.8 Å². The van der Waals surface area contributed by atoms with Gasteiger partial charge in [-0.05, 0) is 97.9 Å². The standard InChI is InChI=1S/C36H49N3O7/c1-38(19-14-26-10-12-30(42-3)32(22-26)44-5)17-8-18-39-20-15-27-23-33(45-6)34(46-7)24-28(27)35(36(39)40)37-16-13-25-9-11-29(41-2)31(21-25)43-4/h9-12,21-24,35,37H,8,13-20H2,1-7H3. The number of carbonyl (C=O) groups excluding carboxylic acids is 1. The van der Waals surface area contributed by atoms with Crippen molar-refractivity contribution >= 4 is 5.91 Å². The Bertz CT molecular complexity index is 1450. The highest BCUT2D eigenvalue weighted by atomic mass is 16.5. The molecule has 46 heavy (non-hydrogen) atoms. The summed E-state index contributed by atoms with van der Waals surface area (Å²) in [5.41, 5.74) is 4.30. The molecule has 10 heteroatoms. The zero-order valence-corrected chi connectivity index (χ0v) is 28.3. The number of nitrogens with zero attached hydrogens (tertiary/aromatic N) is 2. The molecule has 0 fully saturated rings. The Kier molecular flexibility index (Phi) is 12.8. The van der Waals surface area contributed by atoms with Gasteiger partial charge in [-0.1, -0.05) is 12.1 Å². The fourth-order valence-corrected chi connectivity index (χ4v) is 5.92. The molecule has 0 radical (unpaired) electrons. The second kappa shape index (κ2) is 17.0. The summed E-state index contributed by atoms with van der Waals surface area (Å²) < 4.78 is 32.9. The van der Waals surface area contributed by atoms with E-state index >= 15 is 0 Å². The molecule has 0 saturated carbocycles. The first kappa shape index (κ1) is 34.7. The summed E-state index contributed by atoms with van der Waals surface area (Å²) >= 11 is 0. The van der Waals surface area contributed by atoms with Crippen molar-refractivity contribution in [2.24, 2.45) is 0 Å². The van der Waals surface area contributed by atoms with Gasteiger partial charge in [0.1, 0.15) is 6.04 Å². The van der Waals surface area contributed by atoms with E-state index in [4.69, 9.17) is 28.4 Å². The predicted molar refractivity (Wildman–Crippen MR) is 179 cm³/mol. The van der Waals surface area contributed by atoms with Gasteiger partial charge in [0.15, 0.2) is 34.5 Å². The molecule has 1 aliphatic heterocycles. The Balaban J connectivity index is 1.41. The van der Waals surface area contributed by atoms with Gasteiger partial charge in [0.25, 0.3) is 0 Å². The lowest BCUT2D eigenvalue weighted by molar-refractivity contribution is -0.133. The van der Waals surface area contributed by atoms with E-state index in [0.29, 0.717) is 42.6 Å². The first-order valence-electron chi connectivity index (χ1n) is 15.7. The molecular formula is C36H49N3O7. The number of fused-ring (bicyclic) bond motifs is 1. The number of ether oxygens (including phenoxy) is 6. The number of rotatable bonds is 17. The van der Waals surface area contributed by atoms with Gasteiger partial charge in [-0.2, -0.15) is 0 Å². The molecule has 1 heterocycles. The number of hydrogen-bond donors (Lipinski definition) is 1. The van der Waals surface area contributed by atoms with Crippen LogP contribution >= 0.6 is 0 Å². The second-order valence-electron chi connectivity index (χ2n) is 11.4. The van der Waals surface area contributed by atoms with Crippen molar-refractivity contribution in [2.45, 2.75) is 31.7 Å². The lowest BCUT2D eigenvalue weighted by atomic mass is 9.97. The second-order valence-corrected chi connectivity index (χ2v) is 11.4. The van der Waals surface area contributed by atoms with Crippen LogP contribution in [0.2, 0.25) is 0 Å². The third-order valence-electron chi connectivity index (χ3n) is 8.57. The molecule has 1 aliphatic rings. The van der Waals surface area contributed by atoms with Crippen LogP contribution in [0.5, 0.6) is 34.5 Å². The van der Waals surface area contributed by atoms with Gasteiger partial charge >= 0.3 is 0 Å². The van der Waals surface area contributed by atoms with Gasteiger partial charge in [-0.3, -0.25) is 4.79 Å². The lowest BCUT2D eigenvalue weighted by Crippen LogP contribution is -2.41. The minimum Gasteiger partial charge on any atom is -0.493 e. The molecule has 1 N–H and O–H groups in total. The minimum absolute atomic E-state index is 0.0752. The smallest absolute Gasteiger partial charge is 0.244 e. The quantitative estimate of drug-likeness (QED) is 0.229. The Morgan fingerprint density at radius 2 is 1.26 bits per heavy atom. The Morgan fingerprint density at radius 3 is 1.85 bits per heavy atom. The third-order valence-corrected chi connectivity index (χ3v) is 8.57. The topological polar surface area (TPSA) is 91.0 Å². The monoisotopic (exact) mass is 635 g/mol. The predicted octanol–water partition coefficient (Wildman–Crippen LogP) is 4.56. The number of hydrogen-bond acceptors (Lipinski definition) is 9. The largest absolute Gasteiger partial charge is 0.493 e. The maximum absolute atomic E-state index is 14.1. The number of nitrogens with one attached hydrogen (secondary N) is 1. The molecule has 1 unspecified atom stereocenters. The number of likely N-dealkylation sites (N-methyl/N-ethyl adjacent to an activating group) is 1. The van der Waals surface area contributed by atoms with Gasteiger partial charge in [0.05, 0.1) is 42.7 Å². The summed E-state index contributed by atoms with van der Waals surface area (Å²) in [5.74, 6) is 4.21. The maximum Gasteiger partial charge on any atom is 0.244 e. The van der Waals surface area contributed by atoms with Crippen molar-refractivity contribution in [3.8, 4) is 34.5 Å². The average molecular weight is 636 g/mol. The summed E-state index contributed by atoms with van der Waals surface area (Å²) in [4.78, 5) is 18.4. The van der Waals surface area contributed by atoms with Crippen molar-refractivity contribution in [3.63, 3.8) is 0 Å². The van der Waals surface area contributed by atoms with Crippen LogP contribution in [0.4, 0.5) is 0 Å². The highest BCUT2D eigenvalue weighted by molar-refractivity contribution is 5.85. The first-order valence-corrected chi connectivity index (χ1v) is 15.7. The highest BCUT2D eigenvalue weighted by Crippen LogP contribution is 2.36. The Morgan fingerprint density at radius 1 is 0.717 bits per heavy atom. The summed E-state index contributed by atoms with van der Waals surface area (Å²) in [6.07, 6.45) is 3.22. The summed E-state index contributed by atoms with van der Waals surface area (Å²) in [7, 11) is 11.9. The van der Waals surface area contributed by atoms with Crippen molar-refractivity contribution < 1.29 is 33.2 Å². The van der Waals surface area contributed by atoms with Crippen LogP contribution in [-0.4, -0.2) is 98.1 Å². The number of benzene rings is 3. The fraction of sp³-hybridized carbons (Fsp3) is 0.472. The normalized spacial score (nSPS) is 14.5. The van der Waals surface area contributed by atoms with E-state index in [9.17, 15) is 4.79 Å². The van der Waals surface area contributed by atoms with Crippen LogP contribution in [-0.2, 0) is 24.1 Å². The Hall–Kier alpha value is -4.15. The van der Waals surface area contributed by atoms with Crippen molar-refractivity contribution in [1.29, 1.82) is 0 Å². The molecule has 0 bridgehead atoms. The van der Waals surface area contributed by atoms with Crippen LogP contribution in [0.15, 0.2) is 48.5 Å². The molecule has 0 saturated heterocycles. The van der Waals surface area contributed by atoms with E-state index in [0.717, 1.165) is 67.0 Å². The van der Waals surface area contributed by atoms with E-state index < -0.39 is 6.04 Å². The van der Waals surface area contributed by atoms with Gasteiger partial charge in [0, 0.05) is 26.2 Å². The molecule has 0 spiro atoms. The SMILES string of the molecule is COc1ccc(CCNC2C(=O)N(CCCN(C)CCc3ccc(OC)c(OC)c3)CCc3cc(OC)c(OC)cc32)cc1OC. The summed E-state index contributed by atoms with van der Waals surface area (Å²) in [6, 6.07) is 15.4. The van der Waals surface area contributed by atoms with Crippen LogP contribution < -0.4 is 33.7 Å². The summed E-state index contributed by atoms with van der Waals surface area (Å²) in [5, 5.41) is 3.57. The first-order chi connectivity index (χ1) is 22.3. The van der Waals surface area contributed by atoms with Crippen LogP contribution in [0.1, 0.15) is 34.7 Å². The molecule has 1 amide bonds. The summed E-state index contributed by atoms with van der Waals surface area (Å²) in [6.45, 7) is 3.70. The molecule has 3 aromatic carbocycles. The zero-order chi connectivity index (χ0) is 33.1. The lowest BCUT2D eigenvalue weighted by Gasteiger charge is -2.27. The van der Waals surface area contributed by atoms with Crippen LogP contribution in [0, 0.1) is 0 Å². The number of amides is 1. The van der Waals surface area contributed by atoms with Gasteiger partial charge in [-0.15, -0.1) is 0 Å². The number of methoxy groups -OCH3 is 6. The zero-order valence-electron chi connectivity index (χ0n) is 28.3. The maximum atomic E-state index is 14.1. The molecule has 250 valence electrons. The van der Waals surface area contributed by atoms with E-state index in [1.165, 1.54) is 5.56 Å². The molecule has 10 nitrogen and oxygen atoms in total. The van der Waals surface area contributed by atoms with Crippen molar-refractivity contribution in [1.82, 2.24) is 15.1 Å². The molecule has 3 aromatic rings. The third kappa shape index (κ3) is 8.55. The molecule has 4 rings (SSSR count). The minimum atomic E-state index is -0.500. The molecular weight excluding hydrogens is 586 g/mol. The van der Waals surface area contributed by atoms with Gasteiger partial charge in [-0.25, -0.2) is 0 Å². The van der Waals surface area contributed by atoms with Crippen LogP contribution in [0.3, 0.4) is 0 Å². The average Bonchev–Trinajstić information content (AvgIpc) is 3.21. The van der Waals surface area contributed by atoms with E-state index in [1.54, 1.807) is 42.7 Å². The van der Waals surface area contributed by atoms with Gasteiger partial charge < -0.3 is 43.5 Å².